The standard InChI is InChI=1S/C16H20N2O3/c19-14(20)12-17-8-10-18(11-9-17)15(21)16(6-7-16)13-4-2-1-3-5-13/h1-5H,6-12H2,(H,19,20). The van der Waals surface area contributed by atoms with Crippen molar-refractivity contribution < 1.29 is 14.7 Å². The van der Waals surface area contributed by atoms with Gasteiger partial charge in [0.15, 0.2) is 0 Å². The Balaban J connectivity index is 1.64. The van der Waals surface area contributed by atoms with Crippen LogP contribution in [0.1, 0.15) is 18.4 Å². The van der Waals surface area contributed by atoms with E-state index in [0.717, 1.165) is 18.4 Å². The van der Waals surface area contributed by atoms with Crippen LogP contribution in [0, 0.1) is 0 Å². The van der Waals surface area contributed by atoms with Crippen molar-refractivity contribution in [3.63, 3.8) is 0 Å². The smallest absolute Gasteiger partial charge is 0.317 e. The molecule has 0 aromatic heterocycles. The average molecular weight is 288 g/mol. The van der Waals surface area contributed by atoms with Gasteiger partial charge in [0, 0.05) is 26.2 Å². The molecule has 1 saturated heterocycles. The van der Waals surface area contributed by atoms with Crippen LogP contribution in [0.3, 0.4) is 0 Å². The molecular formula is C16H20N2O3. The summed E-state index contributed by atoms with van der Waals surface area (Å²) in [6, 6.07) is 9.99. The van der Waals surface area contributed by atoms with Crippen molar-refractivity contribution in [3.05, 3.63) is 35.9 Å². The molecule has 0 bridgehead atoms. The van der Waals surface area contributed by atoms with Crippen LogP contribution in [0.5, 0.6) is 0 Å². The number of carboxylic acid groups (broad SMARTS) is 1. The Morgan fingerprint density at radius 3 is 2.19 bits per heavy atom. The first-order valence-electron chi connectivity index (χ1n) is 7.41. The fraction of sp³-hybridized carbons (Fsp3) is 0.500. The Kier molecular flexibility index (Phi) is 3.68. The summed E-state index contributed by atoms with van der Waals surface area (Å²) < 4.78 is 0. The molecule has 0 atom stereocenters. The molecule has 1 N–H and O–H groups in total. The molecular weight excluding hydrogens is 268 g/mol. The van der Waals surface area contributed by atoms with Crippen molar-refractivity contribution in [1.29, 1.82) is 0 Å². The zero-order valence-corrected chi connectivity index (χ0v) is 12.0. The zero-order valence-electron chi connectivity index (χ0n) is 12.0. The quantitative estimate of drug-likeness (QED) is 0.896. The van der Waals surface area contributed by atoms with Gasteiger partial charge < -0.3 is 10.0 Å². The molecule has 1 aromatic carbocycles. The third-order valence-corrected chi connectivity index (χ3v) is 4.50. The van der Waals surface area contributed by atoms with Crippen LogP contribution >= 0.6 is 0 Å². The number of hydrogen-bond acceptors (Lipinski definition) is 3. The summed E-state index contributed by atoms with van der Waals surface area (Å²) in [5, 5.41) is 8.81. The highest BCUT2D eigenvalue weighted by Crippen LogP contribution is 2.49. The van der Waals surface area contributed by atoms with Gasteiger partial charge >= 0.3 is 5.97 Å². The summed E-state index contributed by atoms with van der Waals surface area (Å²) in [5.41, 5.74) is 0.805. The number of piperazine rings is 1. The topological polar surface area (TPSA) is 60.9 Å². The molecule has 1 heterocycles. The number of aliphatic carboxylic acids is 1. The summed E-state index contributed by atoms with van der Waals surface area (Å²) in [6.45, 7) is 2.60. The largest absolute Gasteiger partial charge is 0.480 e. The molecule has 1 aliphatic carbocycles. The van der Waals surface area contributed by atoms with E-state index in [1.54, 1.807) is 0 Å². The second kappa shape index (κ2) is 5.48. The Labute approximate surface area is 124 Å². The van der Waals surface area contributed by atoms with Crippen LogP contribution in [0.15, 0.2) is 30.3 Å². The van der Waals surface area contributed by atoms with Gasteiger partial charge in [0.05, 0.1) is 12.0 Å². The predicted molar refractivity (Wildman–Crippen MR) is 78.0 cm³/mol. The number of rotatable bonds is 4. The Hall–Kier alpha value is -1.88. The third kappa shape index (κ3) is 2.78. The minimum atomic E-state index is -0.808. The van der Waals surface area contributed by atoms with Crippen molar-refractivity contribution in [1.82, 2.24) is 9.80 Å². The molecule has 0 spiro atoms. The van der Waals surface area contributed by atoms with E-state index in [2.05, 4.69) is 0 Å². The number of carbonyl (C=O) groups excluding carboxylic acids is 1. The van der Waals surface area contributed by atoms with E-state index in [1.165, 1.54) is 0 Å². The molecule has 21 heavy (non-hydrogen) atoms. The van der Waals surface area contributed by atoms with E-state index in [0.29, 0.717) is 26.2 Å². The van der Waals surface area contributed by atoms with Crippen LogP contribution in [0.2, 0.25) is 0 Å². The lowest BCUT2D eigenvalue weighted by Crippen LogP contribution is -2.52. The molecule has 0 radical (unpaired) electrons. The van der Waals surface area contributed by atoms with E-state index >= 15 is 0 Å². The number of carboxylic acids is 1. The monoisotopic (exact) mass is 288 g/mol. The van der Waals surface area contributed by atoms with Crippen molar-refractivity contribution >= 4 is 11.9 Å². The third-order valence-electron chi connectivity index (χ3n) is 4.50. The van der Waals surface area contributed by atoms with Gasteiger partial charge in [-0.2, -0.15) is 0 Å². The summed E-state index contributed by atoms with van der Waals surface area (Å²) in [4.78, 5) is 27.3. The van der Waals surface area contributed by atoms with Crippen molar-refractivity contribution in [2.45, 2.75) is 18.3 Å². The Morgan fingerprint density at radius 1 is 1.05 bits per heavy atom. The van der Waals surface area contributed by atoms with Gasteiger partial charge in [0.2, 0.25) is 5.91 Å². The van der Waals surface area contributed by atoms with E-state index in [1.807, 2.05) is 40.1 Å². The molecule has 5 heteroatoms. The maximum absolute atomic E-state index is 12.8. The van der Waals surface area contributed by atoms with Gasteiger partial charge in [-0.1, -0.05) is 30.3 Å². The highest BCUT2D eigenvalue weighted by Gasteiger charge is 2.53. The van der Waals surface area contributed by atoms with Crippen LogP contribution in [-0.4, -0.2) is 59.5 Å². The first-order chi connectivity index (χ1) is 10.1. The highest BCUT2D eigenvalue weighted by atomic mass is 16.4. The van der Waals surface area contributed by atoms with Crippen LogP contribution < -0.4 is 0 Å². The molecule has 1 aromatic rings. The lowest BCUT2D eigenvalue weighted by Gasteiger charge is -2.36. The number of amides is 1. The second-order valence-electron chi connectivity index (χ2n) is 5.91. The lowest BCUT2D eigenvalue weighted by molar-refractivity contribution is -0.140. The fourth-order valence-corrected chi connectivity index (χ4v) is 3.11. The predicted octanol–water partition coefficient (Wildman–Crippen LogP) is 0.947. The molecule has 1 aliphatic heterocycles. The fourth-order valence-electron chi connectivity index (χ4n) is 3.11. The Bertz CT molecular complexity index is 532. The zero-order chi connectivity index (χ0) is 14.9. The van der Waals surface area contributed by atoms with Gasteiger partial charge in [-0.25, -0.2) is 0 Å². The van der Waals surface area contributed by atoms with Crippen molar-refractivity contribution in [3.8, 4) is 0 Å². The summed E-state index contributed by atoms with van der Waals surface area (Å²) in [6.07, 6.45) is 1.84. The number of benzene rings is 1. The Morgan fingerprint density at radius 2 is 1.67 bits per heavy atom. The van der Waals surface area contributed by atoms with E-state index < -0.39 is 5.97 Å². The molecule has 0 unspecified atom stereocenters. The van der Waals surface area contributed by atoms with E-state index in [4.69, 9.17) is 5.11 Å². The molecule has 1 amide bonds. The summed E-state index contributed by atoms with van der Waals surface area (Å²) in [5.74, 6) is -0.596. The summed E-state index contributed by atoms with van der Waals surface area (Å²) >= 11 is 0. The normalized spacial score (nSPS) is 21.0. The number of carbonyl (C=O) groups is 2. The molecule has 2 aliphatic rings. The lowest BCUT2D eigenvalue weighted by atomic mass is 9.94. The maximum Gasteiger partial charge on any atom is 0.317 e. The second-order valence-corrected chi connectivity index (χ2v) is 5.91. The first kappa shape index (κ1) is 14.1. The molecule has 1 saturated carbocycles. The van der Waals surface area contributed by atoms with Crippen LogP contribution in [0.25, 0.3) is 0 Å². The van der Waals surface area contributed by atoms with Crippen LogP contribution in [-0.2, 0) is 15.0 Å². The number of hydrogen-bond donors (Lipinski definition) is 1. The molecule has 3 rings (SSSR count). The highest BCUT2D eigenvalue weighted by molar-refractivity contribution is 5.91. The van der Waals surface area contributed by atoms with Crippen LogP contribution in [0.4, 0.5) is 0 Å². The van der Waals surface area contributed by atoms with Crippen molar-refractivity contribution in [2.24, 2.45) is 0 Å². The van der Waals surface area contributed by atoms with Gasteiger partial charge in [-0.3, -0.25) is 14.5 Å². The summed E-state index contributed by atoms with van der Waals surface area (Å²) in [7, 11) is 0. The van der Waals surface area contributed by atoms with Gasteiger partial charge in [0.25, 0.3) is 0 Å². The van der Waals surface area contributed by atoms with Gasteiger partial charge in [-0.15, -0.1) is 0 Å². The minimum Gasteiger partial charge on any atom is -0.480 e. The molecule has 112 valence electrons. The average Bonchev–Trinajstić information content (AvgIpc) is 3.29. The molecule has 5 nitrogen and oxygen atoms in total. The SMILES string of the molecule is O=C(O)CN1CCN(C(=O)C2(c3ccccc3)CC2)CC1. The van der Waals surface area contributed by atoms with Crippen molar-refractivity contribution in [2.75, 3.05) is 32.7 Å². The first-order valence-corrected chi connectivity index (χ1v) is 7.41. The van der Waals surface area contributed by atoms with Gasteiger partial charge in [-0.05, 0) is 18.4 Å². The molecule has 2 fully saturated rings. The van der Waals surface area contributed by atoms with Gasteiger partial charge in [0.1, 0.15) is 0 Å². The minimum absolute atomic E-state index is 0.0614. The number of nitrogens with zero attached hydrogens (tertiary/aromatic N) is 2. The van der Waals surface area contributed by atoms with E-state index in [9.17, 15) is 9.59 Å². The maximum atomic E-state index is 12.8. The van der Waals surface area contributed by atoms with E-state index in [-0.39, 0.29) is 17.9 Å².